The molecule has 3 atom stereocenters. The molecule has 2 unspecified atom stereocenters. The number of carboxylic acid groups (broad SMARTS) is 1. The predicted molar refractivity (Wildman–Crippen MR) is 72.6 cm³/mol. The Morgan fingerprint density at radius 3 is 2.68 bits per heavy atom. The maximum Gasteiger partial charge on any atom is 0.325 e. The Bertz CT molecular complexity index is 533. The van der Waals surface area contributed by atoms with Gasteiger partial charge in [0.2, 0.25) is 5.91 Å². The van der Waals surface area contributed by atoms with E-state index in [0.29, 0.717) is 16.5 Å². The van der Waals surface area contributed by atoms with Gasteiger partial charge in [-0.05, 0) is 37.0 Å². The Labute approximate surface area is 120 Å². The molecule has 1 aliphatic rings. The molecule has 4 nitrogen and oxygen atoms in total. The number of rotatable bonds is 4. The van der Waals surface area contributed by atoms with Crippen molar-refractivity contribution in [3.63, 3.8) is 0 Å². The maximum atomic E-state index is 11.8. The molecule has 1 amide bonds. The zero-order valence-corrected chi connectivity index (χ0v) is 11.7. The summed E-state index contributed by atoms with van der Waals surface area (Å²) in [5, 5.41) is 12.3. The van der Waals surface area contributed by atoms with Crippen LogP contribution in [-0.2, 0) is 9.59 Å². The molecule has 102 valence electrons. The first-order valence-corrected chi connectivity index (χ1v) is 6.64. The number of carbonyl (C=O) groups excluding carboxylic acids is 1. The number of benzene rings is 1. The molecule has 0 bridgehead atoms. The number of hydrogen-bond donors (Lipinski definition) is 2. The van der Waals surface area contributed by atoms with Gasteiger partial charge in [-0.3, -0.25) is 9.59 Å². The Balaban J connectivity index is 2.00. The van der Waals surface area contributed by atoms with Crippen molar-refractivity contribution in [1.82, 2.24) is 5.32 Å². The Kier molecular flexibility index (Phi) is 4.02. The van der Waals surface area contributed by atoms with Crippen LogP contribution in [0.2, 0.25) is 10.0 Å². The van der Waals surface area contributed by atoms with Gasteiger partial charge in [-0.2, -0.15) is 0 Å². The quantitative estimate of drug-likeness (QED) is 0.898. The van der Waals surface area contributed by atoms with Crippen LogP contribution in [0.3, 0.4) is 0 Å². The van der Waals surface area contributed by atoms with Crippen molar-refractivity contribution in [3.8, 4) is 0 Å². The van der Waals surface area contributed by atoms with Gasteiger partial charge >= 0.3 is 5.97 Å². The lowest BCUT2D eigenvalue weighted by atomic mass is 10.1. The van der Waals surface area contributed by atoms with Crippen molar-refractivity contribution in [2.45, 2.75) is 25.3 Å². The number of hydrogen-bond acceptors (Lipinski definition) is 2. The summed E-state index contributed by atoms with van der Waals surface area (Å²) in [5.41, 5.74) is 0.884. The number of nitrogens with one attached hydrogen (secondary N) is 1. The fourth-order valence-corrected chi connectivity index (χ4v) is 2.56. The molecule has 1 fully saturated rings. The van der Waals surface area contributed by atoms with Crippen molar-refractivity contribution >= 4 is 35.1 Å². The summed E-state index contributed by atoms with van der Waals surface area (Å²) in [6, 6.07) is 4.31. The minimum Gasteiger partial charge on any atom is -0.480 e. The van der Waals surface area contributed by atoms with Crippen LogP contribution in [0.4, 0.5) is 0 Å². The molecule has 1 aromatic carbocycles. The summed E-state index contributed by atoms with van der Waals surface area (Å²) in [5.74, 6) is -1.45. The van der Waals surface area contributed by atoms with Gasteiger partial charge < -0.3 is 10.4 Å². The second-order valence-electron chi connectivity index (χ2n) is 4.68. The Hall–Kier alpha value is -1.26. The lowest BCUT2D eigenvalue weighted by Crippen LogP contribution is -2.39. The van der Waals surface area contributed by atoms with Crippen molar-refractivity contribution in [1.29, 1.82) is 0 Å². The monoisotopic (exact) mass is 301 g/mol. The van der Waals surface area contributed by atoms with Crippen molar-refractivity contribution in [2.75, 3.05) is 0 Å². The van der Waals surface area contributed by atoms with Gasteiger partial charge in [0, 0.05) is 16.0 Å². The third-order valence-corrected chi connectivity index (χ3v) is 3.78. The predicted octanol–water partition coefficient (Wildman–Crippen LogP) is 2.69. The molecule has 0 aromatic heterocycles. The van der Waals surface area contributed by atoms with Gasteiger partial charge in [-0.1, -0.05) is 29.3 Å². The van der Waals surface area contributed by atoms with E-state index in [4.69, 9.17) is 28.3 Å². The number of amides is 1. The largest absolute Gasteiger partial charge is 0.480 e. The molecule has 0 radical (unpaired) electrons. The topological polar surface area (TPSA) is 66.4 Å². The van der Waals surface area contributed by atoms with Crippen molar-refractivity contribution in [3.05, 3.63) is 33.8 Å². The van der Waals surface area contributed by atoms with E-state index >= 15 is 0 Å². The van der Waals surface area contributed by atoms with E-state index in [1.807, 2.05) is 6.07 Å². The van der Waals surface area contributed by atoms with Crippen LogP contribution in [0, 0.1) is 5.92 Å². The third kappa shape index (κ3) is 3.19. The van der Waals surface area contributed by atoms with Gasteiger partial charge in [-0.15, -0.1) is 0 Å². The summed E-state index contributed by atoms with van der Waals surface area (Å²) in [7, 11) is 0. The zero-order valence-electron chi connectivity index (χ0n) is 10.2. The maximum absolute atomic E-state index is 11.8. The fourth-order valence-electron chi connectivity index (χ4n) is 2.01. The summed E-state index contributed by atoms with van der Waals surface area (Å²) in [4.78, 5) is 22.5. The van der Waals surface area contributed by atoms with Gasteiger partial charge in [0.25, 0.3) is 0 Å². The molecule has 2 N–H and O–H groups in total. The molecule has 0 saturated heterocycles. The van der Waals surface area contributed by atoms with Crippen molar-refractivity contribution in [2.24, 2.45) is 5.92 Å². The van der Waals surface area contributed by atoms with Crippen LogP contribution < -0.4 is 5.32 Å². The van der Waals surface area contributed by atoms with E-state index < -0.39 is 12.0 Å². The van der Waals surface area contributed by atoms with Crippen LogP contribution in [-0.4, -0.2) is 23.0 Å². The molecule has 1 aliphatic carbocycles. The minimum atomic E-state index is -1.05. The molecular weight excluding hydrogens is 289 g/mol. The second kappa shape index (κ2) is 5.39. The number of halogens is 2. The van der Waals surface area contributed by atoms with E-state index in [2.05, 4.69) is 5.32 Å². The van der Waals surface area contributed by atoms with E-state index in [9.17, 15) is 9.59 Å². The average Bonchev–Trinajstić information content (AvgIpc) is 3.08. The average molecular weight is 302 g/mol. The molecule has 19 heavy (non-hydrogen) atoms. The number of carboxylic acids is 1. The van der Waals surface area contributed by atoms with Gasteiger partial charge in [0.05, 0.1) is 0 Å². The third-order valence-electron chi connectivity index (χ3n) is 3.22. The molecule has 0 heterocycles. The molecule has 1 aromatic rings. The van der Waals surface area contributed by atoms with Crippen LogP contribution in [0.15, 0.2) is 18.2 Å². The Morgan fingerprint density at radius 1 is 1.42 bits per heavy atom. The molecule has 1 saturated carbocycles. The highest BCUT2D eigenvalue weighted by atomic mass is 35.5. The fraction of sp³-hybridized carbons (Fsp3) is 0.385. The zero-order chi connectivity index (χ0) is 14.2. The molecule has 0 spiro atoms. The lowest BCUT2D eigenvalue weighted by molar-refractivity contribution is -0.141. The molecule has 6 heteroatoms. The first kappa shape index (κ1) is 14.2. The second-order valence-corrected chi connectivity index (χ2v) is 5.53. The van der Waals surface area contributed by atoms with Crippen LogP contribution in [0.5, 0.6) is 0 Å². The summed E-state index contributed by atoms with van der Waals surface area (Å²) >= 11 is 11.9. The molecule has 2 rings (SSSR count). The van der Waals surface area contributed by atoms with Crippen LogP contribution >= 0.6 is 23.2 Å². The normalized spacial score (nSPS) is 22.7. The SMILES string of the molecule is C[C@@H](NC(=O)C1CC1c1ccc(Cl)cc1Cl)C(=O)O. The van der Waals surface area contributed by atoms with E-state index in [0.717, 1.165) is 5.56 Å². The highest BCUT2D eigenvalue weighted by molar-refractivity contribution is 6.35. The minimum absolute atomic E-state index is 0.0470. The summed E-state index contributed by atoms with van der Waals surface area (Å²) < 4.78 is 0. The standard InChI is InChI=1S/C13H13Cl2NO3/c1-6(13(18)19)16-12(17)10-5-9(10)8-3-2-7(14)4-11(8)15/h2-4,6,9-10H,5H2,1H3,(H,16,17)(H,18,19)/t6-,9?,10?/m1/s1. The lowest BCUT2D eigenvalue weighted by Gasteiger charge is -2.09. The Morgan fingerprint density at radius 2 is 2.11 bits per heavy atom. The highest BCUT2D eigenvalue weighted by Gasteiger charge is 2.45. The van der Waals surface area contributed by atoms with E-state index in [1.165, 1.54) is 6.92 Å². The first-order valence-electron chi connectivity index (χ1n) is 5.88. The van der Waals surface area contributed by atoms with E-state index in [1.54, 1.807) is 12.1 Å². The van der Waals surface area contributed by atoms with Gasteiger partial charge in [0.1, 0.15) is 6.04 Å². The van der Waals surface area contributed by atoms with Crippen LogP contribution in [0.25, 0.3) is 0 Å². The van der Waals surface area contributed by atoms with E-state index in [-0.39, 0.29) is 17.7 Å². The van der Waals surface area contributed by atoms with Gasteiger partial charge in [0.15, 0.2) is 0 Å². The number of carbonyl (C=O) groups is 2. The molecular formula is C13H13Cl2NO3. The summed E-state index contributed by atoms with van der Waals surface area (Å²) in [6.45, 7) is 1.44. The summed E-state index contributed by atoms with van der Waals surface area (Å²) in [6.07, 6.45) is 0.680. The molecule has 0 aliphatic heterocycles. The highest BCUT2D eigenvalue weighted by Crippen LogP contribution is 2.50. The van der Waals surface area contributed by atoms with Gasteiger partial charge in [-0.25, -0.2) is 0 Å². The first-order chi connectivity index (χ1) is 8.90. The number of aliphatic carboxylic acids is 1. The smallest absolute Gasteiger partial charge is 0.325 e. The van der Waals surface area contributed by atoms with Crippen LogP contribution in [0.1, 0.15) is 24.8 Å². The van der Waals surface area contributed by atoms with Crippen molar-refractivity contribution < 1.29 is 14.7 Å².